The zero-order valence-corrected chi connectivity index (χ0v) is 15.4. The van der Waals surface area contributed by atoms with Gasteiger partial charge >= 0.3 is 0 Å². The summed E-state index contributed by atoms with van der Waals surface area (Å²) >= 11 is 3.11. The first kappa shape index (κ1) is 16.2. The van der Waals surface area contributed by atoms with E-state index in [4.69, 9.17) is 9.47 Å². The first-order chi connectivity index (χ1) is 12.2. The Balaban J connectivity index is 1.74. The number of hydrogen-bond donors (Lipinski definition) is 0. The molecule has 7 heteroatoms. The van der Waals surface area contributed by atoms with Crippen molar-refractivity contribution < 1.29 is 14.3 Å². The Morgan fingerprint density at radius 2 is 1.92 bits per heavy atom. The number of thiazole rings is 1. The van der Waals surface area contributed by atoms with Gasteiger partial charge in [0.25, 0.3) is 0 Å². The molecule has 1 aliphatic heterocycles. The van der Waals surface area contributed by atoms with Gasteiger partial charge in [-0.3, -0.25) is 9.69 Å². The number of amides is 1. The van der Waals surface area contributed by atoms with Crippen molar-refractivity contribution in [3.05, 3.63) is 48.0 Å². The number of rotatable bonds is 4. The van der Waals surface area contributed by atoms with E-state index in [1.54, 1.807) is 30.9 Å². The molecule has 2 heterocycles. The topological polar surface area (TPSA) is 51.7 Å². The normalized spacial score (nSPS) is 17.3. The Labute approximate surface area is 153 Å². The molecule has 1 aromatic heterocycles. The van der Waals surface area contributed by atoms with Crippen LogP contribution < -0.4 is 14.4 Å². The van der Waals surface area contributed by atoms with E-state index < -0.39 is 0 Å². The highest BCUT2D eigenvalue weighted by atomic mass is 32.2. The monoisotopic (exact) mass is 372 g/mol. The van der Waals surface area contributed by atoms with Gasteiger partial charge in [0.2, 0.25) is 5.91 Å². The number of hydrogen-bond acceptors (Lipinski definition) is 6. The van der Waals surface area contributed by atoms with Crippen LogP contribution in [0, 0.1) is 0 Å². The van der Waals surface area contributed by atoms with E-state index in [9.17, 15) is 4.79 Å². The quantitative estimate of drug-likeness (QED) is 0.690. The van der Waals surface area contributed by atoms with E-state index in [1.807, 2.05) is 42.5 Å². The average molecular weight is 372 g/mol. The second-order valence-corrected chi connectivity index (χ2v) is 7.61. The summed E-state index contributed by atoms with van der Waals surface area (Å²) in [6.07, 6.45) is 0. The zero-order valence-electron chi connectivity index (χ0n) is 13.8. The fraction of sp³-hybridized carbons (Fsp3) is 0.222. The van der Waals surface area contributed by atoms with Crippen LogP contribution in [0.3, 0.4) is 0 Å². The molecule has 5 nitrogen and oxygen atoms in total. The van der Waals surface area contributed by atoms with Gasteiger partial charge in [0.05, 0.1) is 30.2 Å². The van der Waals surface area contributed by atoms with Crippen LogP contribution in [-0.2, 0) is 4.79 Å². The second-order valence-electron chi connectivity index (χ2n) is 5.53. The van der Waals surface area contributed by atoms with Gasteiger partial charge in [0, 0.05) is 0 Å². The summed E-state index contributed by atoms with van der Waals surface area (Å²) in [4.78, 5) is 19.0. The summed E-state index contributed by atoms with van der Waals surface area (Å²) < 4.78 is 11.6. The number of thioether (sulfide) groups is 1. The molecule has 0 N–H and O–H groups in total. The van der Waals surface area contributed by atoms with Gasteiger partial charge in [-0.25, -0.2) is 4.98 Å². The predicted octanol–water partition coefficient (Wildman–Crippen LogP) is 4.09. The Morgan fingerprint density at radius 3 is 2.72 bits per heavy atom. The summed E-state index contributed by atoms with van der Waals surface area (Å²) in [5.41, 5.74) is 1.90. The smallest absolute Gasteiger partial charge is 0.240 e. The molecule has 1 amide bonds. The molecular formula is C18H16N2O3S2. The third kappa shape index (κ3) is 2.94. The van der Waals surface area contributed by atoms with E-state index in [0.29, 0.717) is 10.9 Å². The minimum absolute atomic E-state index is 0.0730. The lowest BCUT2D eigenvalue weighted by Gasteiger charge is -2.21. The highest BCUT2D eigenvalue weighted by Gasteiger charge is 2.36. The lowest BCUT2D eigenvalue weighted by Crippen LogP contribution is -2.27. The summed E-state index contributed by atoms with van der Waals surface area (Å²) in [6.45, 7) is 0. The molecule has 4 rings (SSSR count). The van der Waals surface area contributed by atoms with Crippen molar-refractivity contribution in [1.29, 1.82) is 0 Å². The average Bonchev–Trinajstić information content (AvgIpc) is 3.23. The maximum Gasteiger partial charge on any atom is 0.240 e. The first-order valence-electron chi connectivity index (χ1n) is 7.72. The van der Waals surface area contributed by atoms with Crippen LogP contribution in [-0.4, -0.2) is 30.9 Å². The third-order valence-corrected chi connectivity index (χ3v) is 6.27. The molecule has 2 aromatic carbocycles. The molecule has 1 saturated heterocycles. The molecule has 0 aliphatic carbocycles. The number of fused-ring (bicyclic) bond motifs is 1. The fourth-order valence-electron chi connectivity index (χ4n) is 2.80. The van der Waals surface area contributed by atoms with Crippen molar-refractivity contribution in [2.45, 2.75) is 5.37 Å². The number of carbonyl (C=O) groups is 1. The molecule has 128 valence electrons. The van der Waals surface area contributed by atoms with Crippen LogP contribution in [0.1, 0.15) is 10.9 Å². The van der Waals surface area contributed by atoms with Gasteiger partial charge in [0.1, 0.15) is 16.9 Å². The number of carbonyl (C=O) groups excluding carboxylic acids is 1. The molecule has 1 aliphatic rings. The van der Waals surface area contributed by atoms with Crippen molar-refractivity contribution >= 4 is 44.4 Å². The minimum Gasteiger partial charge on any atom is -0.497 e. The van der Waals surface area contributed by atoms with Crippen LogP contribution in [0.2, 0.25) is 0 Å². The van der Waals surface area contributed by atoms with Gasteiger partial charge in [-0.2, -0.15) is 0 Å². The number of benzene rings is 2. The van der Waals surface area contributed by atoms with E-state index in [1.165, 1.54) is 11.3 Å². The highest BCUT2D eigenvalue weighted by molar-refractivity contribution is 8.00. The lowest BCUT2D eigenvalue weighted by atomic mass is 10.2. The largest absolute Gasteiger partial charge is 0.497 e. The van der Waals surface area contributed by atoms with Crippen LogP contribution >= 0.6 is 23.1 Å². The summed E-state index contributed by atoms with van der Waals surface area (Å²) in [5.74, 6) is 2.09. The molecule has 0 radical (unpaired) electrons. The highest BCUT2D eigenvalue weighted by Crippen LogP contribution is 2.44. The first-order valence-corrected chi connectivity index (χ1v) is 9.58. The third-order valence-electron chi connectivity index (χ3n) is 4.04. The van der Waals surface area contributed by atoms with Crippen molar-refractivity contribution in [3.8, 4) is 11.5 Å². The van der Waals surface area contributed by atoms with Crippen LogP contribution in [0.15, 0.2) is 42.5 Å². The lowest BCUT2D eigenvalue weighted by molar-refractivity contribution is -0.115. The molecule has 1 unspecified atom stereocenters. The molecule has 1 atom stereocenters. The van der Waals surface area contributed by atoms with E-state index in [0.717, 1.165) is 27.3 Å². The SMILES string of the molecule is COc1cccc(C2SCC(=O)N2c2nc3ccc(OC)cc3s2)c1. The van der Waals surface area contributed by atoms with Crippen LogP contribution in [0.5, 0.6) is 11.5 Å². The molecular weight excluding hydrogens is 356 g/mol. The second kappa shape index (κ2) is 6.57. The Bertz CT molecular complexity index is 941. The maximum absolute atomic E-state index is 12.5. The van der Waals surface area contributed by atoms with E-state index >= 15 is 0 Å². The maximum atomic E-state index is 12.5. The van der Waals surface area contributed by atoms with Gasteiger partial charge in [0.15, 0.2) is 5.13 Å². The van der Waals surface area contributed by atoms with Gasteiger partial charge in [-0.05, 0) is 35.9 Å². The number of anilines is 1. The van der Waals surface area contributed by atoms with E-state index in [2.05, 4.69) is 4.98 Å². The number of aromatic nitrogens is 1. The fourth-order valence-corrected chi connectivity index (χ4v) is 5.05. The number of nitrogens with zero attached hydrogens (tertiary/aromatic N) is 2. The minimum atomic E-state index is -0.0925. The predicted molar refractivity (Wildman–Crippen MR) is 102 cm³/mol. The molecule has 3 aromatic rings. The van der Waals surface area contributed by atoms with Gasteiger partial charge < -0.3 is 9.47 Å². The molecule has 0 saturated carbocycles. The van der Waals surface area contributed by atoms with Gasteiger partial charge in [-0.15, -0.1) is 11.8 Å². The number of ether oxygens (including phenoxy) is 2. The Hall–Kier alpha value is -2.25. The summed E-state index contributed by atoms with van der Waals surface area (Å²) in [7, 11) is 3.29. The van der Waals surface area contributed by atoms with Crippen LogP contribution in [0.25, 0.3) is 10.2 Å². The standard InChI is InChI=1S/C18H16N2O3S2/c1-22-12-5-3-4-11(8-12)17-20(16(21)10-24-17)18-19-14-7-6-13(23-2)9-15(14)25-18/h3-9,17H,10H2,1-2H3. The Morgan fingerprint density at radius 1 is 1.12 bits per heavy atom. The summed E-state index contributed by atoms with van der Waals surface area (Å²) in [5, 5.41) is 0.621. The van der Waals surface area contributed by atoms with Crippen molar-refractivity contribution in [2.75, 3.05) is 24.9 Å². The zero-order chi connectivity index (χ0) is 17.4. The molecule has 0 spiro atoms. The Kier molecular flexibility index (Phi) is 4.27. The van der Waals surface area contributed by atoms with E-state index in [-0.39, 0.29) is 11.3 Å². The van der Waals surface area contributed by atoms with Crippen LogP contribution in [0.4, 0.5) is 5.13 Å². The molecule has 0 bridgehead atoms. The van der Waals surface area contributed by atoms with Crippen molar-refractivity contribution in [1.82, 2.24) is 4.98 Å². The van der Waals surface area contributed by atoms with Gasteiger partial charge in [-0.1, -0.05) is 23.5 Å². The number of methoxy groups -OCH3 is 2. The molecule has 1 fully saturated rings. The van der Waals surface area contributed by atoms with Crippen molar-refractivity contribution in [2.24, 2.45) is 0 Å². The molecule has 25 heavy (non-hydrogen) atoms. The van der Waals surface area contributed by atoms with Crippen molar-refractivity contribution in [3.63, 3.8) is 0 Å². The summed E-state index contributed by atoms with van der Waals surface area (Å²) in [6, 6.07) is 13.6.